The Morgan fingerprint density at radius 3 is 2.10 bits per heavy atom. The smallest absolute Gasteiger partial charge is 0.319 e. The molecule has 0 aliphatic heterocycles. The molecule has 1 aromatic carbocycles. The highest BCUT2D eigenvalue weighted by atomic mass is 16.4. The van der Waals surface area contributed by atoms with E-state index in [4.69, 9.17) is 5.11 Å². The van der Waals surface area contributed by atoms with Crippen LogP contribution in [0.3, 0.4) is 0 Å². The van der Waals surface area contributed by atoms with Crippen molar-refractivity contribution in [1.82, 2.24) is 5.32 Å². The molecule has 108 valence electrons. The van der Waals surface area contributed by atoms with Crippen LogP contribution in [-0.2, 0) is 9.59 Å². The molecule has 0 saturated carbocycles. The molecule has 7 nitrogen and oxygen atoms in total. The second kappa shape index (κ2) is 7.78. The number of urea groups is 1. The van der Waals surface area contributed by atoms with Gasteiger partial charge in [0.2, 0.25) is 5.91 Å². The standard InChI is InChI=1S/C13H17N3O4/c1-9(17)15-10-4-6-11(7-5-10)16-13(20)14-8-2-3-12(18)19/h4-7H,2-3,8H2,1H3,(H,15,17)(H,18,19)(H2,14,16,20). The number of benzene rings is 1. The van der Waals surface area contributed by atoms with E-state index in [1.807, 2.05) is 0 Å². The summed E-state index contributed by atoms with van der Waals surface area (Å²) in [5, 5.41) is 16.2. The predicted octanol–water partition coefficient (Wildman–Crippen LogP) is 1.63. The number of amides is 3. The Morgan fingerprint density at radius 1 is 1.05 bits per heavy atom. The minimum absolute atomic E-state index is 0.0195. The summed E-state index contributed by atoms with van der Waals surface area (Å²) in [5.74, 6) is -1.05. The molecule has 4 N–H and O–H groups in total. The molecule has 1 aromatic rings. The van der Waals surface area contributed by atoms with E-state index in [0.29, 0.717) is 24.3 Å². The molecule has 0 bridgehead atoms. The van der Waals surface area contributed by atoms with E-state index in [1.54, 1.807) is 24.3 Å². The van der Waals surface area contributed by atoms with Gasteiger partial charge in [0.15, 0.2) is 0 Å². The number of nitrogens with one attached hydrogen (secondary N) is 3. The predicted molar refractivity (Wildman–Crippen MR) is 74.6 cm³/mol. The Bertz CT molecular complexity index is 485. The first-order chi connectivity index (χ1) is 9.47. The zero-order valence-corrected chi connectivity index (χ0v) is 11.1. The molecule has 0 spiro atoms. The van der Waals surface area contributed by atoms with Crippen molar-refractivity contribution < 1.29 is 19.5 Å². The van der Waals surface area contributed by atoms with Crippen molar-refractivity contribution in [1.29, 1.82) is 0 Å². The molecule has 0 atom stereocenters. The maximum Gasteiger partial charge on any atom is 0.319 e. The molecule has 0 saturated heterocycles. The first kappa shape index (κ1) is 15.5. The summed E-state index contributed by atoms with van der Waals surface area (Å²) in [4.78, 5) is 32.6. The number of aliphatic carboxylic acids is 1. The average molecular weight is 279 g/mol. The Balaban J connectivity index is 2.34. The molecule has 0 aromatic heterocycles. The molecule has 20 heavy (non-hydrogen) atoms. The Labute approximate surface area is 116 Å². The van der Waals surface area contributed by atoms with Gasteiger partial charge in [0.1, 0.15) is 0 Å². The van der Waals surface area contributed by atoms with Gasteiger partial charge in [-0.2, -0.15) is 0 Å². The second-order valence-corrected chi connectivity index (χ2v) is 4.14. The third-order valence-corrected chi connectivity index (χ3v) is 2.32. The highest BCUT2D eigenvalue weighted by Crippen LogP contribution is 2.13. The number of carbonyl (C=O) groups excluding carboxylic acids is 2. The third kappa shape index (κ3) is 6.39. The number of rotatable bonds is 6. The first-order valence-electron chi connectivity index (χ1n) is 6.11. The third-order valence-electron chi connectivity index (χ3n) is 2.32. The maximum absolute atomic E-state index is 11.5. The van der Waals surface area contributed by atoms with Gasteiger partial charge in [0, 0.05) is 31.3 Å². The normalized spacial score (nSPS) is 9.65. The van der Waals surface area contributed by atoms with Gasteiger partial charge in [-0.25, -0.2) is 4.79 Å². The summed E-state index contributed by atoms with van der Waals surface area (Å²) in [5.41, 5.74) is 1.22. The fraction of sp³-hybridized carbons (Fsp3) is 0.308. The lowest BCUT2D eigenvalue weighted by Crippen LogP contribution is -2.29. The molecular formula is C13H17N3O4. The molecule has 0 aliphatic carbocycles. The molecule has 1 rings (SSSR count). The van der Waals surface area contributed by atoms with E-state index in [1.165, 1.54) is 6.92 Å². The van der Waals surface area contributed by atoms with Crippen molar-refractivity contribution in [3.63, 3.8) is 0 Å². The first-order valence-corrected chi connectivity index (χ1v) is 6.11. The summed E-state index contributed by atoms with van der Waals surface area (Å²) in [6.45, 7) is 1.71. The Kier molecular flexibility index (Phi) is 6.02. The fourth-order valence-electron chi connectivity index (χ4n) is 1.46. The Hall–Kier alpha value is -2.57. The number of carboxylic acid groups (broad SMARTS) is 1. The molecule has 0 radical (unpaired) electrons. The van der Waals surface area contributed by atoms with Gasteiger partial charge in [-0.15, -0.1) is 0 Å². The lowest BCUT2D eigenvalue weighted by Gasteiger charge is -2.08. The van der Waals surface area contributed by atoms with Crippen LogP contribution >= 0.6 is 0 Å². The topological polar surface area (TPSA) is 108 Å². The van der Waals surface area contributed by atoms with Crippen molar-refractivity contribution in [3.05, 3.63) is 24.3 Å². The van der Waals surface area contributed by atoms with Crippen LogP contribution in [0.1, 0.15) is 19.8 Å². The van der Waals surface area contributed by atoms with Gasteiger partial charge in [0.05, 0.1) is 0 Å². The minimum Gasteiger partial charge on any atom is -0.481 e. The van der Waals surface area contributed by atoms with Crippen LogP contribution in [-0.4, -0.2) is 29.6 Å². The van der Waals surface area contributed by atoms with Gasteiger partial charge in [-0.3, -0.25) is 9.59 Å². The van der Waals surface area contributed by atoms with Crippen LogP contribution in [0.15, 0.2) is 24.3 Å². The fourth-order valence-corrected chi connectivity index (χ4v) is 1.46. The zero-order chi connectivity index (χ0) is 15.0. The lowest BCUT2D eigenvalue weighted by molar-refractivity contribution is -0.137. The summed E-state index contributed by atoms with van der Waals surface area (Å²) < 4.78 is 0. The quantitative estimate of drug-likeness (QED) is 0.593. The van der Waals surface area contributed by atoms with Crippen molar-refractivity contribution in [2.24, 2.45) is 0 Å². The van der Waals surface area contributed by atoms with Crippen molar-refractivity contribution in [2.45, 2.75) is 19.8 Å². The van der Waals surface area contributed by atoms with Gasteiger partial charge in [0.25, 0.3) is 0 Å². The van der Waals surface area contributed by atoms with Crippen LogP contribution in [0.4, 0.5) is 16.2 Å². The summed E-state index contributed by atoms with van der Waals surface area (Å²) in [7, 11) is 0. The molecule has 3 amide bonds. The highest BCUT2D eigenvalue weighted by Gasteiger charge is 2.02. The Morgan fingerprint density at radius 2 is 1.60 bits per heavy atom. The number of hydrogen-bond donors (Lipinski definition) is 4. The molecular weight excluding hydrogens is 262 g/mol. The van der Waals surface area contributed by atoms with Gasteiger partial charge in [-0.1, -0.05) is 0 Å². The summed E-state index contributed by atoms with van der Waals surface area (Å²) in [6, 6.07) is 6.25. The number of carbonyl (C=O) groups is 3. The van der Waals surface area contributed by atoms with Crippen LogP contribution in [0.5, 0.6) is 0 Å². The maximum atomic E-state index is 11.5. The SMILES string of the molecule is CC(=O)Nc1ccc(NC(=O)NCCCC(=O)O)cc1. The number of carboxylic acids is 1. The average Bonchev–Trinajstić information content (AvgIpc) is 2.36. The van der Waals surface area contributed by atoms with E-state index < -0.39 is 12.0 Å². The highest BCUT2D eigenvalue weighted by molar-refractivity contribution is 5.91. The molecule has 0 fully saturated rings. The van der Waals surface area contributed by atoms with Crippen LogP contribution in [0.2, 0.25) is 0 Å². The van der Waals surface area contributed by atoms with Crippen LogP contribution in [0, 0.1) is 0 Å². The van der Waals surface area contributed by atoms with E-state index in [2.05, 4.69) is 16.0 Å². The van der Waals surface area contributed by atoms with E-state index in [-0.39, 0.29) is 12.3 Å². The van der Waals surface area contributed by atoms with E-state index in [9.17, 15) is 14.4 Å². The van der Waals surface area contributed by atoms with E-state index >= 15 is 0 Å². The van der Waals surface area contributed by atoms with Crippen molar-refractivity contribution >= 4 is 29.3 Å². The van der Waals surface area contributed by atoms with Crippen molar-refractivity contribution in [3.8, 4) is 0 Å². The van der Waals surface area contributed by atoms with Crippen LogP contribution < -0.4 is 16.0 Å². The molecule has 0 aliphatic rings. The molecule has 0 unspecified atom stereocenters. The van der Waals surface area contributed by atoms with Crippen LogP contribution in [0.25, 0.3) is 0 Å². The van der Waals surface area contributed by atoms with Gasteiger partial charge in [-0.05, 0) is 30.7 Å². The minimum atomic E-state index is -0.888. The van der Waals surface area contributed by atoms with E-state index in [0.717, 1.165) is 0 Å². The lowest BCUT2D eigenvalue weighted by atomic mass is 10.3. The number of anilines is 2. The van der Waals surface area contributed by atoms with Gasteiger partial charge < -0.3 is 21.1 Å². The number of hydrogen-bond acceptors (Lipinski definition) is 3. The molecule has 7 heteroatoms. The monoisotopic (exact) mass is 279 g/mol. The summed E-state index contributed by atoms with van der Waals surface area (Å²) in [6.07, 6.45) is 0.399. The molecule has 0 heterocycles. The van der Waals surface area contributed by atoms with Gasteiger partial charge >= 0.3 is 12.0 Å². The zero-order valence-electron chi connectivity index (χ0n) is 11.1. The van der Waals surface area contributed by atoms with Crippen molar-refractivity contribution in [2.75, 3.05) is 17.2 Å². The second-order valence-electron chi connectivity index (χ2n) is 4.14. The largest absolute Gasteiger partial charge is 0.481 e. The summed E-state index contributed by atoms with van der Waals surface area (Å²) >= 11 is 0.